The van der Waals surface area contributed by atoms with Crippen LogP contribution >= 0.6 is 0 Å². The van der Waals surface area contributed by atoms with E-state index in [9.17, 15) is 9.90 Å². The van der Waals surface area contributed by atoms with Crippen molar-refractivity contribution in [3.8, 4) is 11.5 Å². The highest BCUT2D eigenvalue weighted by Crippen LogP contribution is 2.23. The maximum atomic E-state index is 12.2. The molecule has 5 nitrogen and oxygen atoms in total. The minimum absolute atomic E-state index is 0.000652. The third-order valence-electron chi connectivity index (χ3n) is 3.90. The van der Waals surface area contributed by atoms with E-state index < -0.39 is 5.91 Å². The molecular weight excluding hydrogens is 318 g/mol. The Hall–Kier alpha value is -3.21. The van der Waals surface area contributed by atoms with Gasteiger partial charge in [0.15, 0.2) is 5.76 Å². The van der Waals surface area contributed by atoms with Crippen LogP contribution in [0.1, 0.15) is 27.4 Å². The SMILES string of the molecule is Cc1ccc(OCc2ccc(C(=O)Nc3ccccc3O)o2)cc1C. The number of aryl methyl sites for hydroxylation is 2. The van der Waals surface area contributed by atoms with Crippen molar-refractivity contribution in [1.29, 1.82) is 0 Å². The zero-order valence-electron chi connectivity index (χ0n) is 14.1. The van der Waals surface area contributed by atoms with Gasteiger partial charge in [-0.15, -0.1) is 0 Å². The van der Waals surface area contributed by atoms with Gasteiger partial charge >= 0.3 is 0 Å². The van der Waals surface area contributed by atoms with Crippen LogP contribution in [0.5, 0.6) is 11.5 Å². The smallest absolute Gasteiger partial charge is 0.291 e. The first-order chi connectivity index (χ1) is 12.0. The average molecular weight is 337 g/mol. The quantitative estimate of drug-likeness (QED) is 0.676. The molecule has 1 amide bonds. The lowest BCUT2D eigenvalue weighted by molar-refractivity contribution is 0.0992. The van der Waals surface area contributed by atoms with Gasteiger partial charge in [0.2, 0.25) is 0 Å². The van der Waals surface area contributed by atoms with E-state index in [1.54, 1.807) is 30.3 Å². The molecule has 1 aromatic heterocycles. The molecule has 1 heterocycles. The number of phenolic OH excluding ortho intramolecular Hbond substituents is 1. The first-order valence-corrected chi connectivity index (χ1v) is 7.91. The maximum Gasteiger partial charge on any atom is 0.291 e. The van der Waals surface area contributed by atoms with Crippen LogP contribution < -0.4 is 10.1 Å². The van der Waals surface area contributed by atoms with Crippen molar-refractivity contribution in [3.05, 3.63) is 77.2 Å². The Labute approximate surface area is 145 Å². The number of hydrogen-bond acceptors (Lipinski definition) is 4. The van der Waals surface area contributed by atoms with Gasteiger partial charge in [-0.25, -0.2) is 0 Å². The fourth-order valence-corrected chi connectivity index (χ4v) is 2.30. The number of furan rings is 1. The highest BCUT2D eigenvalue weighted by atomic mass is 16.5. The molecule has 3 rings (SSSR count). The normalized spacial score (nSPS) is 10.5. The van der Waals surface area contributed by atoms with Crippen molar-refractivity contribution < 1.29 is 19.1 Å². The molecule has 0 atom stereocenters. The molecule has 3 aromatic rings. The van der Waals surface area contributed by atoms with Crippen LogP contribution in [-0.4, -0.2) is 11.0 Å². The number of nitrogens with one attached hydrogen (secondary N) is 1. The van der Waals surface area contributed by atoms with Crippen LogP contribution in [0.15, 0.2) is 59.0 Å². The number of rotatable bonds is 5. The van der Waals surface area contributed by atoms with E-state index >= 15 is 0 Å². The standard InChI is InChI=1S/C20H19NO4/c1-13-7-8-15(11-14(13)2)24-12-16-9-10-19(25-16)20(23)21-17-5-3-4-6-18(17)22/h3-11,22H,12H2,1-2H3,(H,21,23). The predicted molar refractivity (Wildman–Crippen MR) is 95.0 cm³/mol. The second-order valence-electron chi connectivity index (χ2n) is 5.77. The molecule has 128 valence electrons. The minimum atomic E-state index is -0.432. The van der Waals surface area contributed by atoms with Crippen LogP contribution in [0.2, 0.25) is 0 Å². The number of ether oxygens (including phenoxy) is 1. The summed E-state index contributed by atoms with van der Waals surface area (Å²) in [5.74, 6) is 1.02. The van der Waals surface area contributed by atoms with Crippen LogP contribution in [0, 0.1) is 13.8 Å². The van der Waals surface area contributed by atoms with Gasteiger partial charge in [-0.1, -0.05) is 18.2 Å². The van der Waals surface area contributed by atoms with E-state index in [0.717, 1.165) is 11.3 Å². The molecule has 0 fully saturated rings. The van der Waals surface area contributed by atoms with Gasteiger partial charge in [0.05, 0.1) is 5.69 Å². The third kappa shape index (κ3) is 4.01. The number of amides is 1. The summed E-state index contributed by atoms with van der Waals surface area (Å²) in [4.78, 5) is 12.2. The Morgan fingerprint density at radius 2 is 1.88 bits per heavy atom. The molecule has 0 aliphatic rings. The van der Waals surface area contributed by atoms with Crippen molar-refractivity contribution in [2.24, 2.45) is 0 Å². The van der Waals surface area contributed by atoms with Crippen molar-refractivity contribution in [1.82, 2.24) is 0 Å². The number of phenols is 1. The van der Waals surface area contributed by atoms with E-state index in [-0.39, 0.29) is 18.1 Å². The van der Waals surface area contributed by atoms with Crippen LogP contribution in [-0.2, 0) is 6.61 Å². The molecule has 0 aliphatic heterocycles. The van der Waals surface area contributed by atoms with Gasteiger partial charge in [-0.2, -0.15) is 0 Å². The van der Waals surface area contributed by atoms with Gasteiger partial charge in [-0.05, 0) is 61.4 Å². The van der Waals surface area contributed by atoms with Crippen molar-refractivity contribution in [2.45, 2.75) is 20.5 Å². The highest BCUT2D eigenvalue weighted by molar-refractivity contribution is 6.03. The van der Waals surface area contributed by atoms with Gasteiger partial charge < -0.3 is 19.6 Å². The lowest BCUT2D eigenvalue weighted by atomic mass is 10.1. The first-order valence-electron chi connectivity index (χ1n) is 7.91. The summed E-state index contributed by atoms with van der Waals surface area (Å²) in [5, 5.41) is 12.3. The predicted octanol–water partition coefficient (Wildman–Crippen LogP) is 4.43. The number of anilines is 1. The summed E-state index contributed by atoms with van der Waals surface area (Å²) in [7, 11) is 0. The number of carbonyl (C=O) groups is 1. The molecule has 2 N–H and O–H groups in total. The maximum absolute atomic E-state index is 12.2. The number of hydrogen-bond donors (Lipinski definition) is 2. The van der Waals surface area contributed by atoms with Crippen molar-refractivity contribution in [2.75, 3.05) is 5.32 Å². The molecule has 0 unspecified atom stereocenters. The van der Waals surface area contributed by atoms with Crippen LogP contribution in [0.25, 0.3) is 0 Å². The zero-order valence-corrected chi connectivity index (χ0v) is 14.1. The number of carbonyl (C=O) groups excluding carboxylic acids is 1. The molecule has 0 saturated carbocycles. The lowest BCUT2D eigenvalue weighted by Crippen LogP contribution is -2.10. The molecule has 0 radical (unpaired) electrons. The molecule has 0 aliphatic carbocycles. The fraction of sp³-hybridized carbons (Fsp3) is 0.150. The summed E-state index contributed by atoms with van der Waals surface area (Å²) in [5.41, 5.74) is 2.69. The largest absolute Gasteiger partial charge is 0.506 e. The van der Waals surface area contributed by atoms with Gasteiger partial charge in [0.1, 0.15) is 23.9 Å². The van der Waals surface area contributed by atoms with E-state index in [4.69, 9.17) is 9.15 Å². The van der Waals surface area contributed by atoms with E-state index in [1.165, 1.54) is 11.6 Å². The molecule has 0 bridgehead atoms. The Morgan fingerprint density at radius 1 is 1.08 bits per heavy atom. The van der Waals surface area contributed by atoms with Crippen LogP contribution in [0.4, 0.5) is 5.69 Å². The molecular formula is C20H19NO4. The van der Waals surface area contributed by atoms with Crippen LogP contribution in [0.3, 0.4) is 0 Å². The van der Waals surface area contributed by atoms with Gasteiger partial charge in [-0.3, -0.25) is 4.79 Å². The zero-order chi connectivity index (χ0) is 17.8. The van der Waals surface area contributed by atoms with E-state index in [1.807, 2.05) is 32.0 Å². The van der Waals surface area contributed by atoms with E-state index in [2.05, 4.69) is 5.32 Å². The molecule has 25 heavy (non-hydrogen) atoms. The average Bonchev–Trinajstić information content (AvgIpc) is 3.07. The van der Waals surface area contributed by atoms with Gasteiger partial charge in [0.25, 0.3) is 5.91 Å². The summed E-state index contributed by atoms with van der Waals surface area (Å²) >= 11 is 0. The summed E-state index contributed by atoms with van der Waals surface area (Å²) in [6.07, 6.45) is 0. The second kappa shape index (κ2) is 7.13. The molecule has 2 aromatic carbocycles. The number of para-hydroxylation sites is 2. The lowest BCUT2D eigenvalue weighted by Gasteiger charge is -2.07. The second-order valence-corrected chi connectivity index (χ2v) is 5.77. The third-order valence-corrected chi connectivity index (χ3v) is 3.90. The number of benzene rings is 2. The Balaban J connectivity index is 1.62. The first kappa shape index (κ1) is 16.6. The number of aromatic hydroxyl groups is 1. The van der Waals surface area contributed by atoms with Crippen molar-refractivity contribution >= 4 is 11.6 Å². The topological polar surface area (TPSA) is 71.7 Å². The van der Waals surface area contributed by atoms with Crippen molar-refractivity contribution in [3.63, 3.8) is 0 Å². The van der Waals surface area contributed by atoms with E-state index in [0.29, 0.717) is 11.4 Å². The Morgan fingerprint density at radius 3 is 2.64 bits per heavy atom. The summed E-state index contributed by atoms with van der Waals surface area (Å²) < 4.78 is 11.2. The molecule has 0 spiro atoms. The fourth-order valence-electron chi connectivity index (χ4n) is 2.30. The Bertz CT molecular complexity index is 898. The minimum Gasteiger partial charge on any atom is -0.506 e. The summed E-state index contributed by atoms with van der Waals surface area (Å²) in [6, 6.07) is 15.6. The molecule has 5 heteroatoms. The highest BCUT2D eigenvalue weighted by Gasteiger charge is 2.13. The summed E-state index contributed by atoms with van der Waals surface area (Å²) in [6.45, 7) is 4.30. The van der Waals surface area contributed by atoms with Gasteiger partial charge in [0, 0.05) is 0 Å². The monoisotopic (exact) mass is 337 g/mol. The Kier molecular flexibility index (Phi) is 4.75. The molecule has 0 saturated heterocycles.